The van der Waals surface area contributed by atoms with Gasteiger partial charge in [-0.15, -0.1) is 11.3 Å². The molecule has 1 heterocycles. The molecule has 4 heteroatoms. The molecule has 90 valence electrons. The first-order valence-electron chi connectivity index (χ1n) is 5.31. The zero-order valence-electron chi connectivity index (χ0n) is 9.41. The van der Waals surface area contributed by atoms with E-state index in [1.54, 1.807) is 11.3 Å². The van der Waals surface area contributed by atoms with Gasteiger partial charge in [-0.2, -0.15) is 0 Å². The van der Waals surface area contributed by atoms with E-state index >= 15 is 0 Å². The van der Waals surface area contributed by atoms with Gasteiger partial charge < -0.3 is 5.73 Å². The van der Waals surface area contributed by atoms with Crippen LogP contribution < -0.4 is 5.73 Å². The maximum absolute atomic E-state index is 6.23. The van der Waals surface area contributed by atoms with Gasteiger partial charge in [0.15, 0.2) is 0 Å². The fraction of sp³-hybridized carbons (Fsp3) is 0.231. The molecule has 1 unspecified atom stereocenters. The topological polar surface area (TPSA) is 26.0 Å². The first-order chi connectivity index (χ1) is 8.06. The van der Waals surface area contributed by atoms with E-state index in [1.165, 1.54) is 16.0 Å². The number of hydrogen-bond acceptors (Lipinski definition) is 2. The van der Waals surface area contributed by atoms with E-state index in [4.69, 9.17) is 5.73 Å². The molecule has 2 N–H and O–H groups in total. The molecule has 0 saturated carbocycles. The lowest BCUT2D eigenvalue weighted by atomic mass is 10.0. The van der Waals surface area contributed by atoms with E-state index in [-0.39, 0.29) is 6.04 Å². The summed E-state index contributed by atoms with van der Waals surface area (Å²) in [5.74, 6) is 0. The van der Waals surface area contributed by atoms with Crippen molar-refractivity contribution in [3.05, 3.63) is 54.6 Å². The van der Waals surface area contributed by atoms with Crippen molar-refractivity contribution in [3.8, 4) is 0 Å². The first-order valence-corrected chi connectivity index (χ1v) is 7.77. The van der Waals surface area contributed by atoms with Crippen LogP contribution in [0.5, 0.6) is 0 Å². The van der Waals surface area contributed by atoms with Gasteiger partial charge in [-0.3, -0.25) is 0 Å². The van der Waals surface area contributed by atoms with Crippen LogP contribution in [0.3, 0.4) is 0 Å². The molecule has 0 amide bonds. The Labute approximate surface area is 122 Å². The highest BCUT2D eigenvalue weighted by Gasteiger charge is 2.09. The summed E-state index contributed by atoms with van der Waals surface area (Å²) in [6.45, 7) is 2.08. The number of aryl methyl sites for hydroxylation is 1. The highest BCUT2D eigenvalue weighted by molar-refractivity contribution is 9.10. The highest BCUT2D eigenvalue weighted by atomic mass is 79.9. The molecule has 0 aliphatic heterocycles. The smallest absolute Gasteiger partial charge is 0.0344 e. The van der Waals surface area contributed by atoms with Crippen molar-refractivity contribution in [2.45, 2.75) is 19.4 Å². The second-order valence-corrected chi connectivity index (χ2v) is 6.82. The largest absolute Gasteiger partial charge is 0.324 e. The standard InChI is InChI=1S/C13H13Br2NS/c1-8-2-3-9(4-12(8)15)13(16)6-11-5-10(14)7-17-11/h2-5,7,13H,6,16H2,1H3. The molecule has 0 bridgehead atoms. The van der Waals surface area contributed by atoms with Gasteiger partial charge in [-0.1, -0.05) is 28.1 Å². The summed E-state index contributed by atoms with van der Waals surface area (Å²) < 4.78 is 2.26. The zero-order valence-corrected chi connectivity index (χ0v) is 13.4. The maximum Gasteiger partial charge on any atom is 0.0344 e. The van der Waals surface area contributed by atoms with Crippen molar-refractivity contribution in [1.29, 1.82) is 0 Å². The molecule has 2 aromatic rings. The van der Waals surface area contributed by atoms with Gasteiger partial charge in [0.05, 0.1) is 0 Å². The molecule has 1 nitrogen and oxygen atoms in total. The predicted octanol–water partition coefficient (Wildman–Crippen LogP) is 4.82. The van der Waals surface area contributed by atoms with Crippen LogP contribution in [-0.2, 0) is 6.42 Å². The second-order valence-electron chi connectivity index (χ2n) is 4.05. The summed E-state index contributed by atoms with van der Waals surface area (Å²) in [5, 5.41) is 2.09. The van der Waals surface area contributed by atoms with E-state index in [0.717, 1.165) is 15.4 Å². The lowest BCUT2D eigenvalue weighted by Gasteiger charge is -2.12. The van der Waals surface area contributed by atoms with Crippen LogP contribution in [0.4, 0.5) is 0 Å². The molecule has 1 atom stereocenters. The van der Waals surface area contributed by atoms with Crippen molar-refractivity contribution in [2.75, 3.05) is 0 Å². The molecule has 0 radical (unpaired) electrons. The third-order valence-corrected chi connectivity index (χ3v) is 5.24. The fourth-order valence-electron chi connectivity index (χ4n) is 1.64. The van der Waals surface area contributed by atoms with Gasteiger partial charge in [0, 0.05) is 31.7 Å². The third-order valence-electron chi connectivity index (χ3n) is 2.67. The Bertz CT molecular complexity index is 522. The third kappa shape index (κ3) is 3.41. The fourth-order valence-corrected chi connectivity index (χ4v) is 3.54. The molecule has 0 saturated heterocycles. The van der Waals surface area contributed by atoms with Crippen LogP contribution in [0.15, 0.2) is 38.6 Å². The van der Waals surface area contributed by atoms with E-state index in [2.05, 4.69) is 68.4 Å². The monoisotopic (exact) mass is 373 g/mol. The summed E-state index contributed by atoms with van der Waals surface area (Å²) in [5.41, 5.74) is 8.63. The maximum atomic E-state index is 6.23. The Morgan fingerprint density at radius 3 is 2.65 bits per heavy atom. The number of halogens is 2. The van der Waals surface area contributed by atoms with Gasteiger partial charge in [0.2, 0.25) is 0 Å². The van der Waals surface area contributed by atoms with Crippen molar-refractivity contribution >= 4 is 43.2 Å². The quantitative estimate of drug-likeness (QED) is 0.818. The van der Waals surface area contributed by atoms with Crippen molar-refractivity contribution in [1.82, 2.24) is 0 Å². The summed E-state index contributed by atoms with van der Waals surface area (Å²) >= 11 is 8.75. The number of benzene rings is 1. The van der Waals surface area contributed by atoms with Crippen molar-refractivity contribution in [2.24, 2.45) is 5.73 Å². The Kier molecular flexibility index (Phi) is 4.42. The number of rotatable bonds is 3. The highest BCUT2D eigenvalue weighted by Crippen LogP contribution is 2.26. The summed E-state index contributed by atoms with van der Waals surface area (Å²) in [6, 6.07) is 8.51. The van der Waals surface area contributed by atoms with Gasteiger partial charge >= 0.3 is 0 Å². The lowest BCUT2D eigenvalue weighted by Crippen LogP contribution is -2.12. The predicted molar refractivity (Wildman–Crippen MR) is 81.5 cm³/mol. The molecular formula is C13H13Br2NS. The Morgan fingerprint density at radius 2 is 2.06 bits per heavy atom. The van der Waals surface area contributed by atoms with Crippen LogP contribution >= 0.6 is 43.2 Å². The second kappa shape index (κ2) is 5.65. The average Bonchev–Trinajstić information content (AvgIpc) is 2.68. The van der Waals surface area contributed by atoms with E-state index < -0.39 is 0 Å². The molecule has 1 aromatic carbocycles. The van der Waals surface area contributed by atoms with Crippen LogP contribution in [0.25, 0.3) is 0 Å². The zero-order chi connectivity index (χ0) is 12.4. The Balaban J connectivity index is 2.14. The summed E-state index contributed by atoms with van der Waals surface area (Å²) in [4.78, 5) is 1.31. The van der Waals surface area contributed by atoms with Crippen LogP contribution in [-0.4, -0.2) is 0 Å². The SMILES string of the molecule is Cc1ccc(C(N)Cc2cc(Br)cs2)cc1Br. The van der Waals surface area contributed by atoms with E-state index in [9.17, 15) is 0 Å². The van der Waals surface area contributed by atoms with E-state index in [0.29, 0.717) is 0 Å². The number of thiophene rings is 1. The summed E-state index contributed by atoms with van der Waals surface area (Å²) in [6.07, 6.45) is 0.881. The molecule has 17 heavy (non-hydrogen) atoms. The van der Waals surface area contributed by atoms with Gasteiger partial charge in [-0.05, 0) is 46.1 Å². The number of hydrogen-bond donors (Lipinski definition) is 1. The molecule has 0 spiro atoms. The Hall–Kier alpha value is -0.160. The van der Waals surface area contributed by atoms with Crippen LogP contribution in [0, 0.1) is 6.92 Å². The molecular weight excluding hydrogens is 362 g/mol. The minimum Gasteiger partial charge on any atom is -0.324 e. The minimum absolute atomic E-state index is 0.0532. The van der Waals surface area contributed by atoms with Crippen LogP contribution in [0.1, 0.15) is 22.0 Å². The first kappa shape index (κ1) is 13.3. The van der Waals surface area contributed by atoms with Crippen molar-refractivity contribution in [3.63, 3.8) is 0 Å². The minimum atomic E-state index is 0.0532. The molecule has 1 aromatic heterocycles. The normalized spacial score (nSPS) is 12.7. The van der Waals surface area contributed by atoms with Gasteiger partial charge in [0.1, 0.15) is 0 Å². The van der Waals surface area contributed by atoms with Crippen LogP contribution in [0.2, 0.25) is 0 Å². The van der Waals surface area contributed by atoms with Gasteiger partial charge in [-0.25, -0.2) is 0 Å². The van der Waals surface area contributed by atoms with E-state index in [1.807, 2.05) is 0 Å². The molecule has 2 rings (SSSR count). The number of nitrogens with two attached hydrogens (primary N) is 1. The molecule has 0 aliphatic rings. The average molecular weight is 375 g/mol. The Morgan fingerprint density at radius 1 is 1.29 bits per heavy atom. The lowest BCUT2D eigenvalue weighted by molar-refractivity contribution is 0.729. The summed E-state index contributed by atoms with van der Waals surface area (Å²) in [7, 11) is 0. The van der Waals surface area contributed by atoms with Crippen molar-refractivity contribution < 1.29 is 0 Å². The molecule has 0 fully saturated rings. The molecule has 0 aliphatic carbocycles. The van der Waals surface area contributed by atoms with Gasteiger partial charge in [0.25, 0.3) is 0 Å².